The zero-order chi connectivity index (χ0) is 13.7. The molecule has 20 heavy (non-hydrogen) atoms. The predicted molar refractivity (Wildman–Crippen MR) is 77.2 cm³/mol. The third-order valence-corrected chi connectivity index (χ3v) is 3.39. The van der Waals surface area contributed by atoms with Crippen LogP contribution in [0, 0.1) is 11.7 Å². The van der Waals surface area contributed by atoms with Gasteiger partial charge in [0.15, 0.2) is 0 Å². The summed E-state index contributed by atoms with van der Waals surface area (Å²) in [5.41, 5.74) is 0.600. The van der Waals surface area contributed by atoms with Crippen molar-refractivity contribution < 1.29 is 14.3 Å². The van der Waals surface area contributed by atoms with E-state index < -0.39 is 6.10 Å². The number of carbonyl (C=O) groups is 1. The number of halogens is 2. The molecule has 2 atom stereocenters. The van der Waals surface area contributed by atoms with Crippen molar-refractivity contribution in [3.8, 4) is 0 Å². The fourth-order valence-corrected chi connectivity index (χ4v) is 2.22. The van der Waals surface area contributed by atoms with Crippen LogP contribution in [0.25, 0.3) is 0 Å². The molecule has 1 aliphatic rings. The Morgan fingerprint density at radius 3 is 2.75 bits per heavy atom. The fraction of sp³-hybridized carbons (Fsp3) is 0.500. The van der Waals surface area contributed by atoms with E-state index in [2.05, 4.69) is 10.6 Å². The number of rotatable bonds is 4. The first-order valence-corrected chi connectivity index (χ1v) is 6.59. The Hall–Kier alpha value is -1.17. The van der Waals surface area contributed by atoms with E-state index in [4.69, 9.17) is 0 Å². The molecule has 6 heteroatoms. The maximum Gasteiger partial charge on any atom is 0.224 e. The maximum absolute atomic E-state index is 12.7. The number of amides is 1. The molecule has 3 N–H and O–H groups in total. The van der Waals surface area contributed by atoms with Crippen molar-refractivity contribution in [1.82, 2.24) is 10.6 Å². The van der Waals surface area contributed by atoms with E-state index in [1.54, 1.807) is 0 Å². The Kier molecular flexibility index (Phi) is 6.91. The average Bonchev–Trinajstić information content (AvgIpc) is 2.46. The summed E-state index contributed by atoms with van der Waals surface area (Å²) in [5, 5.41) is 15.8. The van der Waals surface area contributed by atoms with Gasteiger partial charge in [-0.3, -0.25) is 4.79 Å². The third-order valence-electron chi connectivity index (χ3n) is 3.39. The number of aliphatic hydroxyl groups is 1. The van der Waals surface area contributed by atoms with Gasteiger partial charge >= 0.3 is 0 Å². The first-order valence-electron chi connectivity index (χ1n) is 6.59. The number of aliphatic hydroxyl groups excluding tert-OH is 1. The highest BCUT2D eigenvalue weighted by Crippen LogP contribution is 2.14. The fourth-order valence-electron chi connectivity index (χ4n) is 2.22. The first-order chi connectivity index (χ1) is 9.16. The van der Waals surface area contributed by atoms with Crippen LogP contribution in [-0.4, -0.2) is 30.6 Å². The quantitative estimate of drug-likeness (QED) is 0.788. The van der Waals surface area contributed by atoms with Gasteiger partial charge in [-0.15, -0.1) is 12.4 Å². The minimum absolute atomic E-state index is 0. The lowest BCUT2D eigenvalue weighted by Gasteiger charge is -2.22. The van der Waals surface area contributed by atoms with E-state index in [1.807, 2.05) is 0 Å². The van der Waals surface area contributed by atoms with Crippen LogP contribution in [0.5, 0.6) is 0 Å². The molecule has 1 fully saturated rings. The molecule has 0 spiro atoms. The number of nitrogens with one attached hydrogen (secondary N) is 2. The van der Waals surface area contributed by atoms with Crippen molar-refractivity contribution in [1.29, 1.82) is 0 Å². The van der Waals surface area contributed by atoms with Gasteiger partial charge in [0.2, 0.25) is 5.91 Å². The minimum Gasteiger partial charge on any atom is -0.387 e. The van der Waals surface area contributed by atoms with Crippen LogP contribution in [0.1, 0.15) is 24.5 Å². The third kappa shape index (κ3) is 4.74. The SMILES string of the molecule is Cl.O=C(NCC(O)c1ccc(F)cc1)C1CCCNC1. The molecule has 2 unspecified atom stereocenters. The number of carbonyl (C=O) groups excluding carboxylic acids is 1. The minimum atomic E-state index is -0.805. The van der Waals surface area contributed by atoms with Gasteiger partial charge in [-0.05, 0) is 37.1 Å². The highest BCUT2D eigenvalue weighted by atomic mass is 35.5. The van der Waals surface area contributed by atoms with E-state index in [-0.39, 0.29) is 36.6 Å². The molecular formula is C14H20ClFN2O2. The number of hydrogen-bond donors (Lipinski definition) is 3. The zero-order valence-electron chi connectivity index (χ0n) is 11.1. The number of hydrogen-bond acceptors (Lipinski definition) is 3. The zero-order valence-corrected chi connectivity index (χ0v) is 12.0. The van der Waals surface area contributed by atoms with Gasteiger partial charge in [0, 0.05) is 13.1 Å². The van der Waals surface area contributed by atoms with E-state index in [0.717, 1.165) is 19.4 Å². The number of piperidine rings is 1. The highest BCUT2D eigenvalue weighted by molar-refractivity contribution is 5.85. The molecule has 1 aromatic rings. The first kappa shape index (κ1) is 16.9. The van der Waals surface area contributed by atoms with E-state index in [1.165, 1.54) is 24.3 Å². The van der Waals surface area contributed by atoms with Crippen molar-refractivity contribution in [2.75, 3.05) is 19.6 Å². The van der Waals surface area contributed by atoms with Crippen LogP contribution in [-0.2, 0) is 4.79 Å². The predicted octanol–water partition coefficient (Wildman–Crippen LogP) is 1.40. The summed E-state index contributed by atoms with van der Waals surface area (Å²) in [4.78, 5) is 11.9. The Bertz CT molecular complexity index is 422. The Morgan fingerprint density at radius 2 is 2.15 bits per heavy atom. The van der Waals surface area contributed by atoms with Crippen LogP contribution >= 0.6 is 12.4 Å². The van der Waals surface area contributed by atoms with Crippen molar-refractivity contribution in [3.63, 3.8) is 0 Å². The van der Waals surface area contributed by atoms with Crippen LogP contribution in [0.4, 0.5) is 4.39 Å². The average molecular weight is 303 g/mol. The van der Waals surface area contributed by atoms with Gasteiger partial charge in [0.05, 0.1) is 12.0 Å². The normalized spacial score (nSPS) is 19.8. The van der Waals surface area contributed by atoms with Crippen molar-refractivity contribution in [2.24, 2.45) is 5.92 Å². The maximum atomic E-state index is 12.7. The summed E-state index contributed by atoms with van der Waals surface area (Å²) >= 11 is 0. The molecule has 0 saturated carbocycles. The molecule has 0 aliphatic carbocycles. The molecule has 4 nitrogen and oxygen atoms in total. The van der Waals surface area contributed by atoms with Gasteiger partial charge in [-0.1, -0.05) is 12.1 Å². The van der Waals surface area contributed by atoms with E-state index in [0.29, 0.717) is 12.1 Å². The van der Waals surface area contributed by atoms with Gasteiger partial charge in [0.25, 0.3) is 0 Å². The lowest BCUT2D eigenvalue weighted by Crippen LogP contribution is -2.41. The van der Waals surface area contributed by atoms with Gasteiger partial charge in [0.1, 0.15) is 5.82 Å². The van der Waals surface area contributed by atoms with Gasteiger partial charge in [-0.2, -0.15) is 0 Å². The molecule has 1 saturated heterocycles. The summed E-state index contributed by atoms with van der Waals surface area (Å²) in [7, 11) is 0. The molecule has 0 aromatic heterocycles. The molecule has 1 heterocycles. The van der Waals surface area contributed by atoms with Gasteiger partial charge < -0.3 is 15.7 Å². The standard InChI is InChI=1S/C14H19FN2O2.ClH/c15-12-5-3-10(4-6-12)13(18)9-17-14(19)11-2-1-7-16-8-11;/h3-6,11,13,16,18H,1-2,7-9H2,(H,17,19);1H. The summed E-state index contributed by atoms with van der Waals surface area (Å²) in [6.45, 7) is 1.81. The van der Waals surface area contributed by atoms with Crippen molar-refractivity contribution in [2.45, 2.75) is 18.9 Å². The summed E-state index contributed by atoms with van der Waals surface area (Å²) in [5.74, 6) is -0.393. The van der Waals surface area contributed by atoms with Crippen LogP contribution in [0.3, 0.4) is 0 Å². The molecule has 1 amide bonds. The molecule has 0 bridgehead atoms. The topological polar surface area (TPSA) is 61.4 Å². The smallest absolute Gasteiger partial charge is 0.224 e. The molecule has 112 valence electrons. The van der Waals surface area contributed by atoms with E-state index >= 15 is 0 Å². The molecule has 1 aromatic carbocycles. The van der Waals surface area contributed by atoms with E-state index in [9.17, 15) is 14.3 Å². The Balaban J connectivity index is 0.00000200. The molecular weight excluding hydrogens is 283 g/mol. The second-order valence-electron chi connectivity index (χ2n) is 4.86. The summed E-state index contributed by atoms with van der Waals surface area (Å²) < 4.78 is 12.7. The largest absolute Gasteiger partial charge is 0.387 e. The lowest BCUT2D eigenvalue weighted by molar-refractivity contribution is -0.125. The van der Waals surface area contributed by atoms with Crippen LogP contribution < -0.4 is 10.6 Å². The molecule has 2 rings (SSSR count). The monoisotopic (exact) mass is 302 g/mol. The Morgan fingerprint density at radius 1 is 1.45 bits per heavy atom. The highest BCUT2D eigenvalue weighted by Gasteiger charge is 2.21. The van der Waals surface area contributed by atoms with Crippen molar-refractivity contribution in [3.05, 3.63) is 35.6 Å². The summed E-state index contributed by atoms with van der Waals surface area (Å²) in [6.07, 6.45) is 1.07. The molecule has 1 aliphatic heterocycles. The lowest BCUT2D eigenvalue weighted by atomic mass is 9.98. The summed E-state index contributed by atoms with van der Waals surface area (Å²) in [6, 6.07) is 5.64. The second kappa shape index (κ2) is 8.19. The Labute approximate surface area is 124 Å². The van der Waals surface area contributed by atoms with Crippen LogP contribution in [0.2, 0.25) is 0 Å². The second-order valence-corrected chi connectivity index (χ2v) is 4.86. The number of benzene rings is 1. The van der Waals surface area contributed by atoms with Crippen LogP contribution in [0.15, 0.2) is 24.3 Å². The van der Waals surface area contributed by atoms with Gasteiger partial charge in [-0.25, -0.2) is 4.39 Å². The molecule has 0 radical (unpaired) electrons. The van der Waals surface area contributed by atoms with Crippen molar-refractivity contribution >= 4 is 18.3 Å².